The van der Waals surface area contributed by atoms with Crippen LogP contribution in [0.2, 0.25) is 0 Å². The highest BCUT2D eigenvalue weighted by molar-refractivity contribution is 7.99. The average Bonchev–Trinajstić information content (AvgIpc) is 2.47. The Bertz CT molecular complexity index is 440. The molecular formula is C16H23NO2S. The van der Waals surface area contributed by atoms with Crippen LogP contribution >= 0.6 is 11.8 Å². The van der Waals surface area contributed by atoms with E-state index in [0.717, 1.165) is 31.6 Å². The van der Waals surface area contributed by atoms with E-state index in [1.54, 1.807) is 6.07 Å². The quantitative estimate of drug-likeness (QED) is 0.899. The first-order valence-corrected chi connectivity index (χ1v) is 8.65. The summed E-state index contributed by atoms with van der Waals surface area (Å²) < 4.78 is 6.11. The molecule has 0 radical (unpaired) electrons. The van der Waals surface area contributed by atoms with Gasteiger partial charge in [-0.3, -0.25) is 0 Å². The summed E-state index contributed by atoms with van der Waals surface area (Å²) in [5, 5.41) is 13.4. The van der Waals surface area contributed by atoms with Gasteiger partial charge in [0.2, 0.25) is 0 Å². The maximum atomic E-state index is 9.81. The van der Waals surface area contributed by atoms with Crippen LogP contribution in [0.5, 0.6) is 5.75 Å². The summed E-state index contributed by atoms with van der Waals surface area (Å²) in [5.41, 5.74) is 1.10. The molecule has 1 spiro atoms. The smallest absolute Gasteiger partial charge is 0.120 e. The molecule has 2 N–H and O–H groups in total. The number of nitrogens with one attached hydrogen (secondary N) is 1. The van der Waals surface area contributed by atoms with Crippen LogP contribution in [0.3, 0.4) is 0 Å². The molecule has 2 heterocycles. The third-order valence-corrected chi connectivity index (χ3v) is 5.46. The standard InChI is InChI=1S/C16H23NO2S/c18-15-4-2-1-3-13(15)12-17-14-5-8-19-16(11-14)6-9-20-10-7-16/h1-4,14,17-18H,5-12H2. The minimum absolute atomic E-state index is 0.125. The van der Waals surface area contributed by atoms with Crippen LogP contribution in [-0.4, -0.2) is 34.9 Å². The number of rotatable bonds is 3. The fourth-order valence-electron chi connectivity index (χ4n) is 3.21. The van der Waals surface area contributed by atoms with E-state index in [1.807, 2.05) is 30.0 Å². The molecule has 2 fully saturated rings. The van der Waals surface area contributed by atoms with Gasteiger partial charge in [-0.1, -0.05) is 18.2 Å². The lowest BCUT2D eigenvalue weighted by molar-refractivity contribution is -0.0933. The van der Waals surface area contributed by atoms with E-state index in [0.29, 0.717) is 11.8 Å². The SMILES string of the molecule is Oc1ccccc1CNC1CCOC2(CCSCC2)C1. The van der Waals surface area contributed by atoms with Crippen molar-refractivity contribution in [3.05, 3.63) is 29.8 Å². The summed E-state index contributed by atoms with van der Waals surface area (Å²) >= 11 is 2.04. The van der Waals surface area contributed by atoms with Crippen LogP contribution < -0.4 is 5.32 Å². The molecule has 2 aliphatic heterocycles. The Hall–Kier alpha value is -0.710. The van der Waals surface area contributed by atoms with Gasteiger partial charge >= 0.3 is 0 Å². The number of ether oxygens (including phenoxy) is 1. The largest absolute Gasteiger partial charge is 0.508 e. The number of hydrogen-bond donors (Lipinski definition) is 2. The number of phenolic OH excluding ortho intramolecular Hbond substituents is 1. The number of aromatic hydroxyl groups is 1. The van der Waals surface area contributed by atoms with Crippen LogP contribution in [0.25, 0.3) is 0 Å². The van der Waals surface area contributed by atoms with Crippen molar-refractivity contribution in [2.24, 2.45) is 0 Å². The Morgan fingerprint density at radius 3 is 2.90 bits per heavy atom. The van der Waals surface area contributed by atoms with Crippen molar-refractivity contribution in [2.75, 3.05) is 18.1 Å². The Morgan fingerprint density at radius 2 is 2.10 bits per heavy atom. The Balaban J connectivity index is 1.56. The molecule has 20 heavy (non-hydrogen) atoms. The van der Waals surface area contributed by atoms with Crippen LogP contribution in [0.1, 0.15) is 31.2 Å². The van der Waals surface area contributed by atoms with Gasteiger partial charge in [-0.25, -0.2) is 0 Å². The summed E-state index contributed by atoms with van der Waals surface area (Å²) in [6.45, 7) is 1.60. The van der Waals surface area contributed by atoms with E-state index in [1.165, 1.54) is 24.3 Å². The van der Waals surface area contributed by atoms with Crippen LogP contribution in [0.4, 0.5) is 0 Å². The molecule has 1 aromatic carbocycles. The molecule has 0 aromatic heterocycles. The fraction of sp³-hybridized carbons (Fsp3) is 0.625. The van der Waals surface area contributed by atoms with Crippen molar-refractivity contribution in [1.82, 2.24) is 5.32 Å². The minimum atomic E-state index is 0.125. The van der Waals surface area contributed by atoms with Crippen LogP contribution in [0.15, 0.2) is 24.3 Å². The fourth-order valence-corrected chi connectivity index (χ4v) is 4.45. The minimum Gasteiger partial charge on any atom is -0.508 e. The summed E-state index contributed by atoms with van der Waals surface area (Å²) in [6.07, 6.45) is 4.56. The van der Waals surface area contributed by atoms with Gasteiger partial charge in [0.25, 0.3) is 0 Å². The van der Waals surface area contributed by atoms with Gasteiger partial charge < -0.3 is 15.2 Å². The molecule has 2 saturated heterocycles. The summed E-state index contributed by atoms with van der Waals surface area (Å²) in [7, 11) is 0. The third-order valence-electron chi connectivity index (χ3n) is 4.47. The van der Waals surface area contributed by atoms with Crippen molar-refractivity contribution in [3.8, 4) is 5.75 Å². The zero-order valence-corrected chi connectivity index (χ0v) is 12.6. The average molecular weight is 293 g/mol. The van der Waals surface area contributed by atoms with Gasteiger partial charge in [0.1, 0.15) is 5.75 Å². The number of benzene rings is 1. The van der Waals surface area contributed by atoms with Gasteiger partial charge in [-0.2, -0.15) is 11.8 Å². The second-order valence-electron chi connectivity index (χ2n) is 5.84. The van der Waals surface area contributed by atoms with Crippen molar-refractivity contribution < 1.29 is 9.84 Å². The number of hydrogen-bond acceptors (Lipinski definition) is 4. The Labute approximate surface area is 125 Å². The molecule has 3 rings (SSSR count). The Kier molecular flexibility index (Phi) is 4.54. The molecule has 3 nitrogen and oxygen atoms in total. The molecule has 2 aliphatic rings. The summed E-state index contributed by atoms with van der Waals surface area (Å²) in [4.78, 5) is 0. The molecule has 0 bridgehead atoms. The molecule has 110 valence electrons. The maximum absolute atomic E-state index is 9.81. The lowest BCUT2D eigenvalue weighted by Gasteiger charge is -2.43. The first-order chi connectivity index (χ1) is 9.77. The predicted molar refractivity (Wildman–Crippen MR) is 83.2 cm³/mol. The third kappa shape index (κ3) is 3.30. The highest BCUT2D eigenvalue weighted by atomic mass is 32.2. The van der Waals surface area contributed by atoms with Gasteiger partial charge in [0.15, 0.2) is 0 Å². The van der Waals surface area contributed by atoms with Crippen LogP contribution in [0, 0.1) is 0 Å². The van der Waals surface area contributed by atoms with E-state index >= 15 is 0 Å². The van der Waals surface area contributed by atoms with Gasteiger partial charge in [-0.15, -0.1) is 0 Å². The number of phenols is 1. The molecule has 0 aliphatic carbocycles. The zero-order valence-electron chi connectivity index (χ0n) is 11.8. The second kappa shape index (κ2) is 6.37. The lowest BCUT2D eigenvalue weighted by Crippen LogP contribution is -2.48. The summed E-state index contributed by atoms with van der Waals surface area (Å²) in [6, 6.07) is 8.07. The highest BCUT2D eigenvalue weighted by Gasteiger charge is 2.38. The van der Waals surface area contributed by atoms with Gasteiger partial charge in [0, 0.05) is 24.8 Å². The number of para-hydroxylation sites is 1. The molecule has 0 amide bonds. The topological polar surface area (TPSA) is 41.5 Å². The van der Waals surface area contributed by atoms with Crippen molar-refractivity contribution >= 4 is 11.8 Å². The van der Waals surface area contributed by atoms with Crippen molar-refractivity contribution in [1.29, 1.82) is 0 Å². The van der Waals surface area contributed by atoms with E-state index in [4.69, 9.17) is 4.74 Å². The molecule has 4 heteroatoms. The van der Waals surface area contributed by atoms with Gasteiger partial charge in [0.05, 0.1) is 5.60 Å². The molecule has 1 aromatic rings. The second-order valence-corrected chi connectivity index (χ2v) is 7.07. The molecular weight excluding hydrogens is 270 g/mol. The molecule has 1 unspecified atom stereocenters. The highest BCUT2D eigenvalue weighted by Crippen LogP contribution is 2.37. The van der Waals surface area contributed by atoms with Crippen LogP contribution in [-0.2, 0) is 11.3 Å². The Morgan fingerprint density at radius 1 is 1.30 bits per heavy atom. The van der Waals surface area contributed by atoms with E-state index in [2.05, 4.69) is 5.32 Å². The monoisotopic (exact) mass is 293 g/mol. The first-order valence-electron chi connectivity index (χ1n) is 7.49. The first kappa shape index (κ1) is 14.2. The van der Waals surface area contributed by atoms with E-state index in [-0.39, 0.29) is 5.60 Å². The van der Waals surface area contributed by atoms with Gasteiger partial charge in [-0.05, 0) is 43.3 Å². The van der Waals surface area contributed by atoms with Crippen molar-refractivity contribution in [2.45, 2.75) is 43.9 Å². The normalized spacial score (nSPS) is 25.7. The predicted octanol–water partition coefficient (Wildman–Crippen LogP) is 2.93. The maximum Gasteiger partial charge on any atom is 0.120 e. The number of thioether (sulfide) groups is 1. The van der Waals surface area contributed by atoms with E-state index in [9.17, 15) is 5.11 Å². The molecule has 0 saturated carbocycles. The van der Waals surface area contributed by atoms with Crippen molar-refractivity contribution in [3.63, 3.8) is 0 Å². The summed E-state index contributed by atoms with van der Waals surface area (Å²) in [5.74, 6) is 2.84. The lowest BCUT2D eigenvalue weighted by atomic mass is 9.85. The zero-order chi connectivity index (χ0) is 13.8. The van der Waals surface area contributed by atoms with E-state index < -0.39 is 0 Å². The molecule has 1 atom stereocenters.